The first-order chi connectivity index (χ1) is 13.9. The molecule has 0 aliphatic carbocycles. The minimum absolute atomic E-state index is 0. The molecule has 0 bridgehead atoms. The van der Waals surface area contributed by atoms with Gasteiger partial charge in [0.05, 0.1) is 19.8 Å². The molecule has 0 fully saturated rings. The van der Waals surface area contributed by atoms with E-state index in [1.807, 2.05) is 36.4 Å². The van der Waals surface area contributed by atoms with Crippen molar-refractivity contribution in [3.8, 4) is 0 Å². The van der Waals surface area contributed by atoms with Crippen molar-refractivity contribution < 1.29 is 42.6 Å². The molecule has 0 spiro atoms. The van der Waals surface area contributed by atoms with Crippen molar-refractivity contribution in [3.63, 3.8) is 0 Å². The summed E-state index contributed by atoms with van der Waals surface area (Å²) in [6.45, 7) is 1.86. The summed E-state index contributed by atoms with van der Waals surface area (Å²) in [6.07, 6.45) is -0.877. The Morgan fingerprint density at radius 1 is 1.00 bits per heavy atom. The van der Waals surface area contributed by atoms with Gasteiger partial charge in [0, 0.05) is 6.54 Å². The van der Waals surface area contributed by atoms with Gasteiger partial charge in [-0.2, -0.15) is 0 Å². The molecule has 10 heteroatoms. The van der Waals surface area contributed by atoms with E-state index in [0.717, 1.165) is 11.1 Å². The quantitative estimate of drug-likeness (QED) is 0.324. The number of benzene rings is 2. The van der Waals surface area contributed by atoms with E-state index >= 15 is 0 Å². The SMILES string of the molecule is C[C@H](NP(=O)([O-])CNC(=O)OCc1ccccc1)C(=O)NCCc1ccccc1.[Li+]. The van der Waals surface area contributed by atoms with Crippen LogP contribution < -0.4 is 39.5 Å². The molecule has 156 valence electrons. The van der Waals surface area contributed by atoms with Crippen LogP contribution in [-0.4, -0.2) is 30.9 Å². The van der Waals surface area contributed by atoms with Gasteiger partial charge in [-0.25, -0.2) is 4.79 Å². The molecule has 2 aromatic carbocycles. The third-order valence-electron chi connectivity index (χ3n) is 3.98. The zero-order valence-electron chi connectivity index (χ0n) is 17.2. The van der Waals surface area contributed by atoms with Gasteiger partial charge in [0.15, 0.2) is 0 Å². The van der Waals surface area contributed by atoms with E-state index in [2.05, 4.69) is 15.7 Å². The molecule has 0 heterocycles. The van der Waals surface area contributed by atoms with E-state index < -0.39 is 31.8 Å². The van der Waals surface area contributed by atoms with Crippen molar-refractivity contribution in [3.05, 3.63) is 71.8 Å². The third kappa shape index (κ3) is 10.1. The summed E-state index contributed by atoms with van der Waals surface area (Å²) >= 11 is 0. The topological polar surface area (TPSA) is 120 Å². The average molecular weight is 425 g/mol. The van der Waals surface area contributed by atoms with E-state index in [0.29, 0.717) is 13.0 Å². The Labute approximate surface area is 188 Å². The molecule has 0 aromatic heterocycles. The maximum atomic E-state index is 12.1. The molecule has 8 nitrogen and oxygen atoms in total. The number of amides is 2. The number of hydrogen-bond donors (Lipinski definition) is 3. The number of carbonyl (C=O) groups excluding carboxylic acids is 2. The second-order valence-corrected chi connectivity index (χ2v) is 8.37. The first-order valence-corrected chi connectivity index (χ1v) is 11.0. The fourth-order valence-electron chi connectivity index (χ4n) is 2.47. The Kier molecular flexibility index (Phi) is 11.5. The number of nitrogens with one attached hydrogen (secondary N) is 3. The maximum absolute atomic E-state index is 12.1. The molecular weight excluding hydrogens is 400 g/mol. The van der Waals surface area contributed by atoms with Crippen LogP contribution in [0.5, 0.6) is 0 Å². The fourth-order valence-corrected chi connectivity index (χ4v) is 3.61. The van der Waals surface area contributed by atoms with E-state index in [9.17, 15) is 19.0 Å². The Morgan fingerprint density at radius 2 is 1.57 bits per heavy atom. The predicted octanol–water partition coefficient (Wildman–Crippen LogP) is -1.24. The summed E-state index contributed by atoms with van der Waals surface area (Å²) < 4.78 is 17.0. The van der Waals surface area contributed by atoms with Crippen LogP contribution in [0.1, 0.15) is 18.1 Å². The standard InChI is InChI=1S/C20H26N3O5P.Li/c1-16(19(24)21-13-12-17-8-4-2-5-9-17)23-29(26,27)15-22-20(25)28-14-18-10-6-3-7-11-18;/h2-11,16H,12-15H2,1H3,(H,21,24)(H,22,25)(H2,23,26,27);/q;+1/p-1/t16-;/m0./s1. The Bertz CT molecular complexity index is 839. The van der Waals surface area contributed by atoms with Gasteiger partial charge < -0.3 is 24.8 Å². The van der Waals surface area contributed by atoms with Crippen molar-refractivity contribution in [1.29, 1.82) is 0 Å². The first-order valence-electron chi connectivity index (χ1n) is 9.20. The zero-order chi connectivity index (χ0) is 21.1. The summed E-state index contributed by atoms with van der Waals surface area (Å²) in [4.78, 5) is 35.8. The van der Waals surface area contributed by atoms with E-state index in [1.54, 1.807) is 24.3 Å². The van der Waals surface area contributed by atoms with Gasteiger partial charge in [-0.1, -0.05) is 60.7 Å². The van der Waals surface area contributed by atoms with Crippen LogP contribution in [0.15, 0.2) is 60.7 Å². The van der Waals surface area contributed by atoms with Crippen molar-refractivity contribution in [2.45, 2.75) is 26.0 Å². The first kappa shape index (κ1) is 26.0. The van der Waals surface area contributed by atoms with Crippen molar-refractivity contribution in [2.75, 3.05) is 12.8 Å². The molecule has 0 saturated heterocycles. The monoisotopic (exact) mass is 425 g/mol. The molecule has 30 heavy (non-hydrogen) atoms. The zero-order valence-corrected chi connectivity index (χ0v) is 18.1. The number of rotatable bonds is 10. The second-order valence-electron chi connectivity index (χ2n) is 6.45. The van der Waals surface area contributed by atoms with Crippen molar-refractivity contribution >= 4 is 19.5 Å². The van der Waals surface area contributed by atoms with Crippen molar-refractivity contribution in [2.24, 2.45) is 0 Å². The number of carbonyl (C=O) groups is 2. The normalized spacial score (nSPS) is 13.3. The van der Waals surface area contributed by atoms with Gasteiger partial charge in [-0.3, -0.25) is 9.88 Å². The Morgan fingerprint density at radius 3 is 2.17 bits per heavy atom. The Hall–Kier alpha value is -2.07. The molecule has 3 N–H and O–H groups in total. The molecule has 1 unspecified atom stereocenters. The van der Waals surface area contributed by atoms with Crippen LogP contribution in [0.4, 0.5) is 4.79 Å². The van der Waals surface area contributed by atoms with Crippen molar-refractivity contribution in [1.82, 2.24) is 15.7 Å². The van der Waals surface area contributed by atoms with E-state index in [4.69, 9.17) is 4.74 Å². The minimum atomic E-state index is -4.22. The molecule has 0 radical (unpaired) electrons. The molecule has 2 atom stereocenters. The van der Waals surface area contributed by atoms with E-state index in [-0.39, 0.29) is 25.5 Å². The largest absolute Gasteiger partial charge is 1.00 e. The second kappa shape index (κ2) is 13.3. The van der Waals surface area contributed by atoms with Gasteiger partial charge >= 0.3 is 25.0 Å². The molecule has 0 aliphatic heterocycles. The smallest absolute Gasteiger partial charge is 0.787 e. The summed E-state index contributed by atoms with van der Waals surface area (Å²) in [5.74, 6) is -0.441. The van der Waals surface area contributed by atoms with E-state index in [1.165, 1.54) is 6.92 Å². The summed E-state index contributed by atoms with van der Waals surface area (Å²) in [5, 5.41) is 7.11. The van der Waals surface area contributed by atoms with Crippen LogP contribution >= 0.6 is 7.52 Å². The van der Waals surface area contributed by atoms with Crippen LogP contribution in [0, 0.1) is 0 Å². The molecule has 2 aromatic rings. The van der Waals surface area contributed by atoms with Crippen LogP contribution in [0.2, 0.25) is 0 Å². The molecule has 0 aliphatic rings. The third-order valence-corrected chi connectivity index (χ3v) is 5.34. The molecular formula is C20H25LiN3O5P. The number of hydrogen-bond acceptors (Lipinski definition) is 5. The minimum Gasteiger partial charge on any atom is -0.787 e. The fraction of sp³-hybridized carbons (Fsp3) is 0.300. The maximum Gasteiger partial charge on any atom is 1.00 e. The molecule has 2 rings (SSSR count). The average Bonchev–Trinajstić information content (AvgIpc) is 2.72. The van der Waals surface area contributed by atoms with Crippen LogP contribution in [0.3, 0.4) is 0 Å². The molecule has 2 amide bonds. The van der Waals surface area contributed by atoms with Gasteiger partial charge in [0.25, 0.3) is 0 Å². The van der Waals surface area contributed by atoms with Crippen LogP contribution in [-0.2, 0) is 27.1 Å². The predicted molar refractivity (Wildman–Crippen MR) is 108 cm³/mol. The summed E-state index contributed by atoms with van der Waals surface area (Å²) in [7, 11) is -4.22. The van der Waals surface area contributed by atoms with Gasteiger partial charge in [0.1, 0.15) is 6.61 Å². The summed E-state index contributed by atoms with van der Waals surface area (Å²) in [6, 6.07) is 17.7. The van der Waals surface area contributed by atoms with Gasteiger partial charge in [0.2, 0.25) is 5.91 Å². The van der Waals surface area contributed by atoms with Gasteiger partial charge in [-0.15, -0.1) is 0 Å². The number of ether oxygens (including phenoxy) is 1. The van der Waals surface area contributed by atoms with Gasteiger partial charge in [-0.05, 0) is 24.5 Å². The summed E-state index contributed by atoms with van der Waals surface area (Å²) in [5.41, 5.74) is 1.85. The van der Waals surface area contributed by atoms with Crippen LogP contribution in [0.25, 0.3) is 0 Å². The Balaban J connectivity index is 0.00000450. The molecule has 0 saturated carbocycles. The number of alkyl carbamates (subject to hydrolysis) is 1.